The fourth-order valence-electron chi connectivity index (χ4n) is 4.19. The lowest BCUT2D eigenvalue weighted by molar-refractivity contribution is -0.116. The fraction of sp³-hybridized carbons (Fsp3) is 0.318. The van der Waals surface area contributed by atoms with Crippen LogP contribution in [0.4, 0.5) is 8.78 Å². The minimum Gasteiger partial charge on any atom is -0.509 e. The summed E-state index contributed by atoms with van der Waals surface area (Å²) in [5, 5.41) is 14.2. The van der Waals surface area contributed by atoms with Crippen molar-refractivity contribution in [2.24, 2.45) is 0 Å². The van der Waals surface area contributed by atoms with Gasteiger partial charge in [0.15, 0.2) is 11.6 Å². The number of methoxy groups -OCH3 is 1. The Morgan fingerprint density at radius 3 is 2.41 bits per heavy atom. The molecule has 1 saturated carbocycles. The molecule has 0 atom stereocenters. The van der Waals surface area contributed by atoms with E-state index >= 15 is 0 Å². The zero-order chi connectivity index (χ0) is 20.8. The molecule has 4 rings (SSSR count). The van der Waals surface area contributed by atoms with Crippen LogP contribution in [0.3, 0.4) is 0 Å². The van der Waals surface area contributed by atoms with Gasteiger partial charge in [-0.25, -0.2) is 8.78 Å². The quantitative estimate of drug-likeness (QED) is 0.735. The number of halogens is 3. The van der Waals surface area contributed by atoms with Crippen molar-refractivity contribution in [2.45, 2.75) is 37.3 Å². The van der Waals surface area contributed by atoms with Crippen molar-refractivity contribution in [3.63, 3.8) is 0 Å². The predicted molar refractivity (Wildman–Crippen MR) is 106 cm³/mol. The second kappa shape index (κ2) is 7.43. The van der Waals surface area contributed by atoms with Crippen molar-refractivity contribution >= 4 is 23.1 Å². The molecule has 1 aliphatic carbocycles. The van der Waals surface area contributed by atoms with E-state index in [9.17, 15) is 18.7 Å². The maximum Gasteiger partial charge on any atom is 0.256 e. The van der Waals surface area contributed by atoms with Gasteiger partial charge in [0, 0.05) is 17.7 Å². The maximum atomic E-state index is 13.6. The largest absolute Gasteiger partial charge is 0.509 e. The highest BCUT2D eigenvalue weighted by molar-refractivity contribution is 6.35. The fourth-order valence-corrected chi connectivity index (χ4v) is 4.40. The van der Waals surface area contributed by atoms with Crippen molar-refractivity contribution < 1.29 is 23.4 Å². The number of benzene rings is 2. The molecule has 152 valence electrons. The van der Waals surface area contributed by atoms with E-state index in [-0.39, 0.29) is 22.5 Å². The second-order valence-corrected chi connectivity index (χ2v) is 7.93. The normalized spacial score (nSPS) is 24.3. The van der Waals surface area contributed by atoms with Gasteiger partial charge in [-0.3, -0.25) is 4.79 Å². The Labute approximate surface area is 172 Å². The first-order valence-electron chi connectivity index (χ1n) is 9.39. The lowest BCUT2D eigenvalue weighted by Crippen LogP contribution is -2.48. The van der Waals surface area contributed by atoms with Gasteiger partial charge >= 0.3 is 0 Å². The summed E-state index contributed by atoms with van der Waals surface area (Å²) in [5.41, 5.74) is 0.656. The summed E-state index contributed by atoms with van der Waals surface area (Å²) in [6.07, 6.45) is 2.67. The van der Waals surface area contributed by atoms with Crippen LogP contribution < -0.4 is 5.32 Å². The number of hydrogen-bond acceptors (Lipinski definition) is 3. The Bertz CT molecular complexity index is 1010. The zero-order valence-corrected chi connectivity index (χ0v) is 16.5. The molecule has 29 heavy (non-hydrogen) atoms. The van der Waals surface area contributed by atoms with Crippen molar-refractivity contribution in [3.8, 4) is 11.1 Å². The van der Waals surface area contributed by atoms with Crippen molar-refractivity contribution in [1.82, 2.24) is 5.32 Å². The average Bonchev–Trinajstić information content (AvgIpc) is 2.95. The van der Waals surface area contributed by atoms with E-state index in [1.54, 1.807) is 25.3 Å². The summed E-state index contributed by atoms with van der Waals surface area (Å²) in [6, 6.07) is 8.41. The smallest absolute Gasteiger partial charge is 0.256 e. The Balaban J connectivity index is 1.75. The van der Waals surface area contributed by atoms with Crippen LogP contribution in [0.5, 0.6) is 0 Å². The van der Waals surface area contributed by atoms with E-state index < -0.39 is 23.1 Å². The molecule has 2 aromatic carbocycles. The van der Waals surface area contributed by atoms with Gasteiger partial charge in [-0.1, -0.05) is 23.7 Å². The average molecular weight is 420 g/mol. The third kappa shape index (κ3) is 3.40. The van der Waals surface area contributed by atoms with Crippen LogP contribution in [0.2, 0.25) is 5.02 Å². The number of hydrogen-bond donors (Lipinski definition) is 2. The molecule has 1 spiro atoms. The van der Waals surface area contributed by atoms with Gasteiger partial charge in [0.1, 0.15) is 5.76 Å². The predicted octanol–water partition coefficient (Wildman–Crippen LogP) is 5.01. The van der Waals surface area contributed by atoms with E-state index in [4.69, 9.17) is 16.3 Å². The van der Waals surface area contributed by atoms with Gasteiger partial charge < -0.3 is 15.2 Å². The lowest BCUT2D eigenvalue weighted by atomic mass is 9.79. The highest BCUT2D eigenvalue weighted by Gasteiger charge is 2.48. The number of nitrogens with one attached hydrogen (secondary N) is 1. The number of carbonyl (C=O) groups is 1. The van der Waals surface area contributed by atoms with Gasteiger partial charge in [-0.2, -0.15) is 0 Å². The molecule has 0 unspecified atom stereocenters. The summed E-state index contributed by atoms with van der Waals surface area (Å²) in [4.78, 5) is 12.8. The molecule has 1 aliphatic heterocycles. The standard InChI is InChI=1S/C22H20ClF2NO3/c1-29-14-6-8-22(9-7-14)20(27)19(21(28)26-22)15-10-12(2-4-16(15)23)13-3-5-17(24)18(25)11-13/h2-5,10-11,14,27H,6-9H2,1H3,(H,26,28)/t14-,22+. The first kappa shape index (κ1) is 19.9. The van der Waals surface area contributed by atoms with E-state index in [1.807, 2.05) is 0 Å². The Morgan fingerprint density at radius 1 is 1.10 bits per heavy atom. The van der Waals surface area contributed by atoms with Crippen LogP contribution in [-0.2, 0) is 9.53 Å². The number of carbonyl (C=O) groups excluding carboxylic acids is 1. The molecule has 0 bridgehead atoms. The highest BCUT2D eigenvalue weighted by Crippen LogP contribution is 2.43. The van der Waals surface area contributed by atoms with E-state index in [0.29, 0.717) is 29.5 Å². The number of aliphatic hydroxyl groups is 1. The molecule has 2 N–H and O–H groups in total. The third-order valence-electron chi connectivity index (χ3n) is 5.88. The Morgan fingerprint density at radius 2 is 1.76 bits per heavy atom. The topological polar surface area (TPSA) is 58.6 Å². The molecule has 1 fully saturated rings. The first-order chi connectivity index (χ1) is 13.8. The van der Waals surface area contributed by atoms with Crippen molar-refractivity contribution in [2.75, 3.05) is 7.11 Å². The number of aliphatic hydroxyl groups excluding tert-OH is 1. The van der Waals surface area contributed by atoms with Crippen LogP contribution >= 0.6 is 11.6 Å². The maximum absolute atomic E-state index is 13.6. The third-order valence-corrected chi connectivity index (χ3v) is 6.21. The van der Waals surface area contributed by atoms with E-state index in [1.165, 1.54) is 6.07 Å². The van der Waals surface area contributed by atoms with Gasteiger partial charge in [0.05, 0.1) is 17.2 Å². The summed E-state index contributed by atoms with van der Waals surface area (Å²) in [7, 11) is 1.65. The molecule has 0 radical (unpaired) electrons. The van der Waals surface area contributed by atoms with Crippen LogP contribution in [0.1, 0.15) is 31.2 Å². The minimum atomic E-state index is -0.964. The monoisotopic (exact) mass is 419 g/mol. The van der Waals surface area contributed by atoms with Gasteiger partial charge in [-0.15, -0.1) is 0 Å². The molecule has 2 aromatic rings. The first-order valence-corrected chi connectivity index (χ1v) is 9.77. The van der Waals surface area contributed by atoms with Crippen molar-refractivity contribution in [3.05, 3.63) is 64.4 Å². The Kier molecular flexibility index (Phi) is 5.09. The highest BCUT2D eigenvalue weighted by atomic mass is 35.5. The molecular weight excluding hydrogens is 400 g/mol. The second-order valence-electron chi connectivity index (χ2n) is 7.52. The van der Waals surface area contributed by atoms with E-state index in [2.05, 4.69) is 5.32 Å². The van der Waals surface area contributed by atoms with Gasteiger partial charge in [0.25, 0.3) is 5.91 Å². The summed E-state index contributed by atoms with van der Waals surface area (Å²) < 4.78 is 32.3. The molecule has 0 aromatic heterocycles. The van der Waals surface area contributed by atoms with Crippen LogP contribution in [0.25, 0.3) is 16.7 Å². The number of rotatable bonds is 3. The summed E-state index contributed by atoms with van der Waals surface area (Å²) in [5.74, 6) is -2.33. The van der Waals surface area contributed by atoms with Crippen LogP contribution in [0.15, 0.2) is 42.2 Å². The SMILES string of the molecule is CO[C@H]1CC[C@]2(CC1)NC(=O)C(c1cc(-c3ccc(F)c(F)c3)ccc1Cl)=C2O. The van der Waals surface area contributed by atoms with Gasteiger partial charge in [-0.05, 0) is 61.1 Å². The van der Waals surface area contributed by atoms with Crippen molar-refractivity contribution in [1.29, 1.82) is 0 Å². The summed E-state index contributed by atoms with van der Waals surface area (Å²) >= 11 is 6.34. The Hall–Kier alpha value is -2.44. The van der Waals surface area contributed by atoms with E-state index in [0.717, 1.165) is 25.0 Å². The number of ether oxygens (including phenoxy) is 1. The lowest BCUT2D eigenvalue weighted by Gasteiger charge is -2.36. The minimum absolute atomic E-state index is 0.0265. The molecular formula is C22H20ClF2NO3. The zero-order valence-electron chi connectivity index (χ0n) is 15.8. The molecule has 7 heteroatoms. The van der Waals surface area contributed by atoms with Crippen LogP contribution in [-0.4, -0.2) is 29.8 Å². The molecule has 0 saturated heterocycles. The van der Waals surface area contributed by atoms with Gasteiger partial charge in [0.2, 0.25) is 0 Å². The molecule has 1 heterocycles. The van der Waals surface area contributed by atoms with Crippen LogP contribution in [0, 0.1) is 11.6 Å². The number of amides is 1. The molecule has 4 nitrogen and oxygen atoms in total. The molecule has 1 amide bonds. The molecule has 2 aliphatic rings. The summed E-state index contributed by atoms with van der Waals surface area (Å²) in [6.45, 7) is 0.